The first-order valence-electron chi connectivity index (χ1n) is 11.6. The number of nitrogens with zero attached hydrogens (tertiary/aromatic N) is 1. The average Bonchev–Trinajstić information content (AvgIpc) is 3.05. The molecule has 1 saturated heterocycles. The second kappa shape index (κ2) is 7.77. The van der Waals surface area contributed by atoms with Crippen molar-refractivity contribution in [3.05, 3.63) is 46.7 Å². The van der Waals surface area contributed by atoms with Crippen LogP contribution in [0.15, 0.2) is 41.1 Å². The van der Waals surface area contributed by atoms with Crippen molar-refractivity contribution in [3.63, 3.8) is 0 Å². The Balaban J connectivity index is 1.33. The van der Waals surface area contributed by atoms with Crippen LogP contribution in [0.2, 0.25) is 0 Å². The van der Waals surface area contributed by atoms with Crippen LogP contribution in [-0.4, -0.2) is 35.8 Å². The maximum Gasteiger partial charge on any atom is 0.228 e. The summed E-state index contributed by atoms with van der Waals surface area (Å²) < 4.78 is 0. The summed E-state index contributed by atoms with van der Waals surface area (Å²) in [4.78, 5) is 28.5. The monoisotopic (exact) mass is 436 g/mol. The van der Waals surface area contributed by atoms with Gasteiger partial charge in [0.15, 0.2) is 0 Å². The molecular weight excluding hydrogens is 404 g/mol. The highest BCUT2D eigenvalue weighted by Crippen LogP contribution is 2.66. The van der Waals surface area contributed by atoms with Crippen molar-refractivity contribution in [3.8, 4) is 11.1 Å². The molecule has 2 aromatic rings. The van der Waals surface area contributed by atoms with Crippen LogP contribution in [0.4, 0.5) is 0 Å². The number of thiophene rings is 1. The van der Waals surface area contributed by atoms with Gasteiger partial charge in [0.1, 0.15) is 0 Å². The van der Waals surface area contributed by atoms with E-state index in [1.807, 2.05) is 18.7 Å². The van der Waals surface area contributed by atoms with Gasteiger partial charge in [-0.3, -0.25) is 9.59 Å². The number of benzene rings is 1. The molecule has 164 valence electrons. The first-order valence-corrected chi connectivity index (χ1v) is 12.6. The minimum Gasteiger partial charge on any atom is -0.353 e. The van der Waals surface area contributed by atoms with Crippen LogP contribution in [0.3, 0.4) is 0 Å². The molecule has 2 heterocycles. The molecule has 31 heavy (non-hydrogen) atoms. The Kier molecular flexibility index (Phi) is 5.20. The number of hydrogen-bond acceptors (Lipinski definition) is 3. The standard InChI is InChI=1S/C26H32N2O2S/c1-18(2)27-24(30)26(14-19-4-6-20(7-5-19)21-8-13-31-16-21)11-12-28(17-26)23(29)22-15-25(22)9-3-10-25/h4-8,13,16,18,22H,3,9-12,14-15,17H2,1-2H3,(H,27,30)/t22-,26-/m0/s1. The Morgan fingerprint density at radius 1 is 1.13 bits per heavy atom. The predicted octanol–water partition coefficient (Wildman–Crippen LogP) is 4.89. The zero-order valence-corrected chi connectivity index (χ0v) is 19.3. The highest BCUT2D eigenvalue weighted by Gasteiger charge is 2.62. The molecule has 2 amide bonds. The number of carbonyl (C=O) groups is 2. The maximum atomic E-state index is 13.3. The largest absolute Gasteiger partial charge is 0.353 e. The number of likely N-dealkylation sites (tertiary alicyclic amines) is 1. The number of hydrogen-bond donors (Lipinski definition) is 1. The molecule has 0 unspecified atom stereocenters. The van der Waals surface area contributed by atoms with Gasteiger partial charge in [-0.1, -0.05) is 30.7 Å². The summed E-state index contributed by atoms with van der Waals surface area (Å²) >= 11 is 1.70. The zero-order chi connectivity index (χ0) is 21.6. The third-order valence-electron chi connectivity index (χ3n) is 7.76. The molecule has 3 aliphatic rings. The summed E-state index contributed by atoms with van der Waals surface area (Å²) in [6.07, 6.45) is 6.18. The summed E-state index contributed by atoms with van der Waals surface area (Å²) in [6.45, 7) is 5.25. The van der Waals surface area contributed by atoms with E-state index in [-0.39, 0.29) is 17.9 Å². The number of rotatable bonds is 6. The van der Waals surface area contributed by atoms with Gasteiger partial charge in [-0.15, -0.1) is 0 Å². The molecule has 0 bridgehead atoms. The van der Waals surface area contributed by atoms with Gasteiger partial charge in [0.25, 0.3) is 0 Å². The van der Waals surface area contributed by atoms with E-state index in [1.54, 1.807) is 11.3 Å². The molecule has 3 fully saturated rings. The molecule has 1 N–H and O–H groups in total. The van der Waals surface area contributed by atoms with E-state index in [4.69, 9.17) is 0 Å². The molecule has 2 atom stereocenters. The maximum absolute atomic E-state index is 13.3. The second-order valence-electron chi connectivity index (χ2n) is 10.3. The molecule has 2 saturated carbocycles. The molecule has 4 nitrogen and oxygen atoms in total. The summed E-state index contributed by atoms with van der Waals surface area (Å²) in [5.41, 5.74) is 3.39. The van der Waals surface area contributed by atoms with Gasteiger partial charge >= 0.3 is 0 Å². The van der Waals surface area contributed by atoms with Crippen molar-refractivity contribution in [2.45, 2.75) is 58.4 Å². The zero-order valence-electron chi connectivity index (χ0n) is 18.5. The smallest absolute Gasteiger partial charge is 0.228 e. The van der Waals surface area contributed by atoms with Crippen LogP contribution >= 0.6 is 11.3 Å². The minimum absolute atomic E-state index is 0.0915. The molecule has 1 aliphatic heterocycles. The van der Waals surface area contributed by atoms with Crippen molar-refractivity contribution in [1.29, 1.82) is 0 Å². The molecular formula is C26H32N2O2S. The van der Waals surface area contributed by atoms with Crippen LogP contribution in [-0.2, 0) is 16.0 Å². The highest BCUT2D eigenvalue weighted by molar-refractivity contribution is 7.08. The first-order chi connectivity index (χ1) is 14.9. The summed E-state index contributed by atoms with van der Waals surface area (Å²) in [7, 11) is 0. The molecule has 1 aromatic heterocycles. The molecule has 1 aromatic carbocycles. The Hall–Kier alpha value is -2.14. The van der Waals surface area contributed by atoms with Crippen LogP contribution < -0.4 is 5.32 Å². The molecule has 0 radical (unpaired) electrons. The Bertz CT molecular complexity index is 962. The SMILES string of the molecule is CC(C)NC(=O)[C@]1(Cc2ccc(-c3ccsc3)cc2)CCN(C(=O)[C@@H]2CC23CCC3)C1. The van der Waals surface area contributed by atoms with Gasteiger partial charge in [-0.2, -0.15) is 11.3 Å². The Labute approximate surface area is 189 Å². The van der Waals surface area contributed by atoms with E-state index in [0.717, 1.165) is 18.4 Å². The fourth-order valence-corrected chi connectivity index (χ4v) is 6.29. The van der Waals surface area contributed by atoms with Crippen LogP contribution in [0.1, 0.15) is 51.5 Å². The normalized spacial score (nSPS) is 26.2. The third-order valence-corrected chi connectivity index (χ3v) is 8.44. The van der Waals surface area contributed by atoms with Crippen molar-refractivity contribution < 1.29 is 9.59 Å². The average molecular weight is 437 g/mol. The van der Waals surface area contributed by atoms with Crippen molar-refractivity contribution in [1.82, 2.24) is 10.2 Å². The number of carbonyl (C=O) groups excluding carboxylic acids is 2. The van der Waals surface area contributed by atoms with E-state index in [0.29, 0.717) is 30.8 Å². The van der Waals surface area contributed by atoms with E-state index >= 15 is 0 Å². The topological polar surface area (TPSA) is 49.4 Å². The molecule has 5 heteroatoms. The van der Waals surface area contributed by atoms with Crippen molar-refractivity contribution >= 4 is 23.2 Å². The Morgan fingerprint density at radius 3 is 2.48 bits per heavy atom. The Morgan fingerprint density at radius 2 is 1.90 bits per heavy atom. The van der Waals surface area contributed by atoms with Crippen LogP contribution in [0, 0.1) is 16.7 Å². The van der Waals surface area contributed by atoms with Gasteiger partial charge in [0, 0.05) is 25.0 Å². The van der Waals surface area contributed by atoms with Crippen LogP contribution in [0.5, 0.6) is 0 Å². The summed E-state index contributed by atoms with van der Waals surface area (Å²) in [6, 6.07) is 10.8. The van der Waals surface area contributed by atoms with E-state index in [9.17, 15) is 9.59 Å². The third kappa shape index (κ3) is 3.82. The minimum atomic E-state index is -0.536. The fraction of sp³-hybridized carbons (Fsp3) is 0.538. The lowest BCUT2D eigenvalue weighted by atomic mass is 9.79. The highest BCUT2D eigenvalue weighted by atomic mass is 32.1. The van der Waals surface area contributed by atoms with Gasteiger partial charge in [0.05, 0.1) is 5.41 Å². The summed E-state index contributed by atoms with van der Waals surface area (Å²) in [5, 5.41) is 7.39. The predicted molar refractivity (Wildman–Crippen MR) is 125 cm³/mol. The lowest BCUT2D eigenvalue weighted by molar-refractivity contribution is -0.135. The molecule has 1 spiro atoms. The fourth-order valence-electron chi connectivity index (χ4n) is 5.62. The summed E-state index contributed by atoms with van der Waals surface area (Å²) in [5.74, 6) is 0.607. The van der Waals surface area contributed by atoms with E-state index < -0.39 is 5.41 Å². The lowest BCUT2D eigenvalue weighted by Gasteiger charge is -2.31. The molecule has 5 rings (SSSR count). The van der Waals surface area contributed by atoms with Gasteiger partial charge in [0.2, 0.25) is 11.8 Å². The number of nitrogens with one attached hydrogen (secondary N) is 1. The number of amides is 2. The van der Waals surface area contributed by atoms with E-state index in [2.05, 4.69) is 46.4 Å². The first kappa shape index (κ1) is 20.7. The molecule has 2 aliphatic carbocycles. The van der Waals surface area contributed by atoms with Gasteiger partial charge < -0.3 is 10.2 Å². The van der Waals surface area contributed by atoms with Gasteiger partial charge in [-0.05, 0) is 84.9 Å². The second-order valence-corrected chi connectivity index (χ2v) is 11.1. The van der Waals surface area contributed by atoms with Crippen molar-refractivity contribution in [2.24, 2.45) is 16.7 Å². The van der Waals surface area contributed by atoms with Gasteiger partial charge in [-0.25, -0.2) is 0 Å². The van der Waals surface area contributed by atoms with Crippen LogP contribution in [0.25, 0.3) is 11.1 Å². The van der Waals surface area contributed by atoms with Crippen molar-refractivity contribution in [2.75, 3.05) is 13.1 Å². The lowest BCUT2D eigenvalue weighted by Crippen LogP contribution is -2.47. The van der Waals surface area contributed by atoms with E-state index in [1.165, 1.54) is 30.4 Å². The quantitative estimate of drug-likeness (QED) is 0.701.